The predicted molar refractivity (Wildman–Crippen MR) is 71.3 cm³/mol. The van der Waals surface area contributed by atoms with Gasteiger partial charge in [0.1, 0.15) is 0 Å². The third kappa shape index (κ3) is 3.01. The Morgan fingerprint density at radius 1 is 1.41 bits per heavy atom. The lowest BCUT2D eigenvalue weighted by Crippen LogP contribution is -2.54. The third-order valence-corrected chi connectivity index (χ3v) is 4.62. The van der Waals surface area contributed by atoms with Crippen molar-refractivity contribution in [3.63, 3.8) is 0 Å². The van der Waals surface area contributed by atoms with Crippen LogP contribution in [-0.2, 0) is 4.74 Å². The van der Waals surface area contributed by atoms with E-state index in [0.29, 0.717) is 17.6 Å². The van der Waals surface area contributed by atoms with Crippen molar-refractivity contribution in [1.29, 1.82) is 0 Å². The summed E-state index contributed by atoms with van der Waals surface area (Å²) in [5.41, 5.74) is 0.326. The second-order valence-corrected chi connectivity index (χ2v) is 6.23. The third-order valence-electron chi connectivity index (χ3n) is 4.62. The van der Waals surface area contributed by atoms with Gasteiger partial charge in [-0.2, -0.15) is 0 Å². The number of nitrogens with zero attached hydrogens (tertiary/aromatic N) is 1. The van der Waals surface area contributed by atoms with Crippen LogP contribution in [0, 0.1) is 5.92 Å². The Morgan fingerprint density at radius 3 is 2.71 bits per heavy atom. The Labute approximate surface area is 106 Å². The first-order chi connectivity index (χ1) is 8.07. The average Bonchev–Trinajstić information content (AvgIpc) is 3.08. The highest BCUT2D eigenvalue weighted by atomic mass is 16.5. The molecule has 1 saturated heterocycles. The summed E-state index contributed by atoms with van der Waals surface area (Å²) in [6.45, 7) is 10.2. The van der Waals surface area contributed by atoms with Gasteiger partial charge in [0, 0.05) is 31.3 Å². The molecule has 1 N–H and O–H groups in total. The highest BCUT2D eigenvalue weighted by molar-refractivity contribution is 5.02. The molecule has 0 spiro atoms. The fraction of sp³-hybridized carbons (Fsp3) is 1.00. The molecule has 1 saturated carbocycles. The molecule has 1 aliphatic carbocycles. The van der Waals surface area contributed by atoms with Crippen molar-refractivity contribution in [2.45, 2.75) is 57.7 Å². The molecule has 2 fully saturated rings. The molecule has 3 unspecified atom stereocenters. The summed E-state index contributed by atoms with van der Waals surface area (Å²) in [6.07, 6.45) is 4.06. The summed E-state index contributed by atoms with van der Waals surface area (Å²) in [5, 5.41) is 3.79. The molecule has 3 nitrogen and oxygen atoms in total. The molecule has 3 atom stereocenters. The fourth-order valence-electron chi connectivity index (χ4n) is 3.24. The minimum Gasteiger partial charge on any atom is -0.383 e. The lowest BCUT2D eigenvalue weighted by atomic mass is 9.94. The van der Waals surface area contributed by atoms with Crippen molar-refractivity contribution in [3.05, 3.63) is 0 Å². The highest BCUT2D eigenvalue weighted by Gasteiger charge is 2.44. The van der Waals surface area contributed by atoms with Gasteiger partial charge in [0.15, 0.2) is 0 Å². The van der Waals surface area contributed by atoms with Gasteiger partial charge < -0.3 is 10.1 Å². The minimum atomic E-state index is 0.326. The molecule has 1 aliphatic heterocycles. The molecule has 2 rings (SSSR count). The molecule has 0 radical (unpaired) electrons. The Bertz CT molecular complexity index is 255. The zero-order valence-electron chi connectivity index (χ0n) is 11.8. The first-order valence-electron chi connectivity index (χ1n) is 7.06. The average molecular weight is 240 g/mol. The number of hydrogen-bond donors (Lipinski definition) is 1. The standard InChI is InChI=1S/C14H28N2O/c1-11-7-8-15-14(3,13-5-6-13)10-16(11)12(2)9-17-4/h11-13,15H,5-10H2,1-4H3. The van der Waals surface area contributed by atoms with E-state index >= 15 is 0 Å². The van der Waals surface area contributed by atoms with Crippen LogP contribution in [0.15, 0.2) is 0 Å². The van der Waals surface area contributed by atoms with Crippen molar-refractivity contribution >= 4 is 0 Å². The number of nitrogens with one attached hydrogen (secondary N) is 1. The predicted octanol–water partition coefficient (Wildman–Crippen LogP) is 1.87. The zero-order chi connectivity index (χ0) is 12.5. The summed E-state index contributed by atoms with van der Waals surface area (Å²) >= 11 is 0. The van der Waals surface area contributed by atoms with Crippen LogP contribution in [0.4, 0.5) is 0 Å². The first-order valence-corrected chi connectivity index (χ1v) is 7.06. The lowest BCUT2D eigenvalue weighted by molar-refractivity contribution is 0.0595. The van der Waals surface area contributed by atoms with E-state index in [4.69, 9.17) is 4.74 Å². The van der Waals surface area contributed by atoms with E-state index in [9.17, 15) is 0 Å². The van der Waals surface area contributed by atoms with Crippen LogP contribution in [0.5, 0.6) is 0 Å². The van der Waals surface area contributed by atoms with E-state index in [2.05, 4.69) is 31.0 Å². The van der Waals surface area contributed by atoms with Crippen LogP contribution in [0.1, 0.15) is 40.0 Å². The highest BCUT2D eigenvalue weighted by Crippen LogP contribution is 2.41. The number of ether oxygens (including phenoxy) is 1. The van der Waals surface area contributed by atoms with Crippen molar-refractivity contribution in [1.82, 2.24) is 10.2 Å². The number of rotatable bonds is 4. The van der Waals surface area contributed by atoms with E-state index in [1.54, 1.807) is 7.11 Å². The minimum absolute atomic E-state index is 0.326. The molecule has 0 aromatic carbocycles. The van der Waals surface area contributed by atoms with Crippen LogP contribution in [0.2, 0.25) is 0 Å². The lowest BCUT2D eigenvalue weighted by Gasteiger charge is -2.39. The van der Waals surface area contributed by atoms with Crippen LogP contribution < -0.4 is 5.32 Å². The Hall–Kier alpha value is -0.120. The quantitative estimate of drug-likeness (QED) is 0.812. The van der Waals surface area contributed by atoms with Crippen LogP contribution in [0.25, 0.3) is 0 Å². The summed E-state index contributed by atoms with van der Waals surface area (Å²) in [7, 11) is 1.80. The van der Waals surface area contributed by atoms with E-state index in [1.807, 2.05) is 0 Å². The first kappa shape index (κ1) is 13.3. The van der Waals surface area contributed by atoms with E-state index in [-0.39, 0.29) is 0 Å². The molecule has 3 heteroatoms. The topological polar surface area (TPSA) is 24.5 Å². The monoisotopic (exact) mass is 240 g/mol. The Balaban J connectivity index is 2.05. The van der Waals surface area contributed by atoms with Gasteiger partial charge in [-0.1, -0.05) is 0 Å². The second kappa shape index (κ2) is 5.25. The molecule has 0 aromatic heterocycles. The van der Waals surface area contributed by atoms with Gasteiger partial charge in [0.05, 0.1) is 6.61 Å². The number of methoxy groups -OCH3 is 1. The zero-order valence-corrected chi connectivity index (χ0v) is 11.8. The van der Waals surface area contributed by atoms with Gasteiger partial charge in [-0.3, -0.25) is 4.90 Å². The van der Waals surface area contributed by atoms with Gasteiger partial charge in [-0.15, -0.1) is 0 Å². The molecule has 0 amide bonds. The molecule has 0 aromatic rings. The van der Waals surface area contributed by atoms with Crippen molar-refractivity contribution in [2.24, 2.45) is 5.92 Å². The summed E-state index contributed by atoms with van der Waals surface area (Å²) in [5.74, 6) is 0.894. The second-order valence-electron chi connectivity index (χ2n) is 6.23. The molecule has 100 valence electrons. The maximum absolute atomic E-state index is 5.33. The van der Waals surface area contributed by atoms with Gasteiger partial charge in [0.2, 0.25) is 0 Å². The van der Waals surface area contributed by atoms with Gasteiger partial charge in [-0.25, -0.2) is 0 Å². The summed E-state index contributed by atoms with van der Waals surface area (Å²) in [6, 6.07) is 1.18. The molecular formula is C14H28N2O. The molecular weight excluding hydrogens is 212 g/mol. The Kier molecular flexibility index (Phi) is 4.11. The van der Waals surface area contributed by atoms with Gasteiger partial charge >= 0.3 is 0 Å². The smallest absolute Gasteiger partial charge is 0.0615 e. The van der Waals surface area contributed by atoms with Crippen molar-refractivity contribution in [2.75, 3.05) is 26.8 Å². The molecule has 2 aliphatic rings. The van der Waals surface area contributed by atoms with Gasteiger partial charge in [0.25, 0.3) is 0 Å². The Morgan fingerprint density at radius 2 is 2.12 bits per heavy atom. The fourth-order valence-corrected chi connectivity index (χ4v) is 3.24. The maximum Gasteiger partial charge on any atom is 0.0615 e. The van der Waals surface area contributed by atoms with Crippen molar-refractivity contribution in [3.8, 4) is 0 Å². The molecule has 1 heterocycles. The largest absolute Gasteiger partial charge is 0.383 e. The van der Waals surface area contributed by atoms with E-state index in [1.165, 1.54) is 25.8 Å². The van der Waals surface area contributed by atoms with Gasteiger partial charge in [-0.05, 0) is 52.5 Å². The SMILES string of the molecule is COCC(C)N1CC(C)(C2CC2)NCCC1C. The number of hydrogen-bond acceptors (Lipinski definition) is 3. The van der Waals surface area contributed by atoms with E-state index < -0.39 is 0 Å². The molecule has 0 bridgehead atoms. The van der Waals surface area contributed by atoms with Crippen LogP contribution in [0.3, 0.4) is 0 Å². The van der Waals surface area contributed by atoms with E-state index in [0.717, 1.165) is 19.1 Å². The summed E-state index contributed by atoms with van der Waals surface area (Å²) < 4.78 is 5.33. The van der Waals surface area contributed by atoms with Crippen LogP contribution >= 0.6 is 0 Å². The molecule has 17 heavy (non-hydrogen) atoms. The summed E-state index contributed by atoms with van der Waals surface area (Å²) in [4.78, 5) is 2.64. The normalized spacial score (nSPS) is 37.8. The van der Waals surface area contributed by atoms with Crippen molar-refractivity contribution < 1.29 is 4.74 Å². The maximum atomic E-state index is 5.33. The van der Waals surface area contributed by atoms with Crippen LogP contribution in [-0.4, -0.2) is 49.3 Å².